The molecule has 0 saturated heterocycles. The van der Waals surface area contributed by atoms with E-state index in [1.807, 2.05) is 24.3 Å². The Bertz CT molecular complexity index is 540. The van der Waals surface area contributed by atoms with Crippen LogP contribution >= 0.6 is 22.6 Å². The molecule has 0 amide bonds. The number of ether oxygens (including phenoxy) is 1. The molecule has 0 bridgehead atoms. The molecule has 2 rings (SSSR count). The minimum absolute atomic E-state index is 0.275. The largest absolute Gasteiger partial charge is 0.461 e. The highest BCUT2D eigenvalue weighted by atomic mass is 127. The summed E-state index contributed by atoms with van der Waals surface area (Å²) in [5, 5.41) is 1.09. The number of halogens is 1. The SMILES string of the molecule is CC(=O)OCc1ccc(I)c2cccnc12. The molecule has 2 aromatic rings. The average Bonchev–Trinajstić information content (AvgIpc) is 2.28. The van der Waals surface area contributed by atoms with Crippen molar-refractivity contribution in [2.75, 3.05) is 0 Å². The number of carbonyl (C=O) groups excluding carboxylic acids is 1. The lowest BCUT2D eigenvalue weighted by Gasteiger charge is -2.07. The zero-order valence-electron chi connectivity index (χ0n) is 8.74. The first-order valence-electron chi connectivity index (χ1n) is 4.84. The number of aromatic nitrogens is 1. The van der Waals surface area contributed by atoms with Gasteiger partial charge in [-0.05, 0) is 34.7 Å². The number of carbonyl (C=O) groups is 1. The lowest BCUT2D eigenvalue weighted by molar-refractivity contribution is -0.142. The zero-order chi connectivity index (χ0) is 11.5. The second-order valence-electron chi connectivity index (χ2n) is 3.39. The van der Waals surface area contributed by atoms with E-state index < -0.39 is 0 Å². The van der Waals surface area contributed by atoms with Crippen molar-refractivity contribution in [1.82, 2.24) is 4.98 Å². The molecular weight excluding hydrogens is 317 g/mol. The molecule has 0 aliphatic carbocycles. The molecule has 4 heteroatoms. The summed E-state index contributed by atoms with van der Waals surface area (Å²) in [6.07, 6.45) is 1.75. The average molecular weight is 327 g/mol. The van der Waals surface area contributed by atoms with E-state index in [-0.39, 0.29) is 12.6 Å². The standard InChI is InChI=1S/C12H10INO2/c1-8(15)16-7-9-4-5-11(13)10-3-2-6-14-12(9)10/h2-6H,7H2,1H3. The quantitative estimate of drug-likeness (QED) is 0.629. The number of pyridine rings is 1. The van der Waals surface area contributed by atoms with Crippen molar-refractivity contribution in [3.05, 3.63) is 39.6 Å². The van der Waals surface area contributed by atoms with Gasteiger partial charge in [0, 0.05) is 27.6 Å². The van der Waals surface area contributed by atoms with Gasteiger partial charge < -0.3 is 4.74 Å². The van der Waals surface area contributed by atoms with Gasteiger partial charge in [0.15, 0.2) is 0 Å². The lowest BCUT2D eigenvalue weighted by atomic mass is 10.1. The van der Waals surface area contributed by atoms with E-state index in [0.717, 1.165) is 20.0 Å². The molecule has 1 aromatic heterocycles. The minimum Gasteiger partial charge on any atom is -0.461 e. The molecule has 82 valence electrons. The number of benzene rings is 1. The predicted molar refractivity (Wildman–Crippen MR) is 69.9 cm³/mol. The first-order chi connectivity index (χ1) is 7.68. The maximum absolute atomic E-state index is 10.8. The maximum Gasteiger partial charge on any atom is 0.302 e. The number of rotatable bonds is 2. The van der Waals surface area contributed by atoms with Crippen LogP contribution in [0.4, 0.5) is 0 Å². The monoisotopic (exact) mass is 327 g/mol. The van der Waals surface area contributed by atoms with Crippen LogP contribution in [0.5, 0.6) is 0 Å². The molecule has 3 nitrogen and oxygen atoms in total. The lowest BCUT2D eigenvalue weighted by Crippen LogP contribution is -2.00. The normalized spacial score (nSPS) is 10.4. The van der Waals surface area contributed by atoms with Gasteiger partial charge in [-0.3, -0.25) is 9.78 Å². The number of nitrogens with zero attached hydrogens (tertiary/aromatic N) is 1. The van der Waals surface area contributed by atoms with Crippen molar-refractivity contribution in [3.8, 4) is 0 Å². The van der Waals surface area contributed by atoms with Crippen molar-refractivity contribution < 1.29 is 9.53 Å². The third kappa shape index (κ3) is 2.32. The summed E-state index contributed by atoms with van der Waals surface area (Å²) in [6, 6.07) is 7.87. The molecule has 1 aromatic carbocycles. The fourth-order valence-corrected chi connectivity index (χ4v) is 2.11. The molecule has 0 aliphatic rings. The summed E-state index contributed by atoms with van der Waals surface area (Å²) in [5.41, 5.74) is 1.84. The summed E-state index contributed by atoms with van der Waals surface area (Å²) in [5.74, 6) is -0.275. The van der Waals surface area contributed by atoms with E-state index in [0.29, 0.717) is 0 Å². The van der Waals surface area contributed by atoms with Crippen LogP contribution < -0.4 is 0 Å². The fraction of sp³-hybridized carbons (Fsp3) is 0.167. The molecule has 0 saturated carbocycles. The van der Waals surface area contributed by atoms with Crippen LogP contribution in [0, 0.1) is 3.57 Å². The van der Waals surface area contributed by atoms with E-state index in [2.05, 4.69) is 27.6 Å². The third-order valence-electron chi connectivity index (χ3n) is 2.23. The molecule has 0 unspecified atom stereocenters. The van der Waals surface area contributed by atoms with Crippen LogP contribution in [0.3, 0.4) is 0 Å². The molecule has 0 spiro atoms. The van der Waals surface area contributed by atoms with Crippen LogP contribution in [0.2, 0.25) is 0 Å². The molecule has 0 N–H and O–H groups in total. The molecule has 1 heterocycles. The summed E-state index contributed by atoms with van der Waals surface area (Å²) in [4.78, 5) is 15.1. The Morgan fingerprint density at radius 3 is 3.00 bits per heavy atom. The topological polar surface area (TPSA) is 39.2 Å². The Balaban J connectivity index is 2.46. The molecule has 16 heavy (non-hydrogen) atoms. The van der Waals surface area contributed by atoms with Crippen LogP contribution in [0.15, 0.2) is 30.5 Å². The molecule has 0 aliphatic heterocycles. The highest BCUT2D eigenvalue weighted by molar-refractivity contribution is 14.1. The number of hydrogen-bond donors (Lipinski definition) is 0. The number of fused-ring (bicyclic) bond motifs is 1. The van der Waals surface area contributed by atoms with E-state index in [1.165, 1.54) is 6.92 Å². The van der Waals surface area contributed by atoms with Gasteiger partial charge >= 0.3 is 5.97 Å². The smallest absolute Gasteiger partial charge is 0.302 e. The number of esters is 1. The van der Waals surface area contributed by atoms with Crippen molar-refractivity contribution in [2.24, 2.45) is 0 Å². The van der Waals surface area contributed by atoms with E-state index in [4.69, 9.17) is 4.74 Å². The van der Waals surface area contributed by atoms with Crippen molar-refractivity contribution in [1.29, 1.82) is 0 Å². The first-order valence-corrected chi connectivity index (χ1v) is 5.92. The molecular formula is C12H10INO2. The Morgan fingerprint density at radius 2 is 2.25 bits per heavy atom. The van der Waals surface area contributed by atoms with Crippen molar-refractivity contribution in [2.45, 2.75) is 13.5 Å². The summed E-state index contributed by atoms with van der Waals surface area (Å²) >= 11 is 2.27. The zero-order valence-corrected chi connectivity index (χ0v) is 10.9. The van der Waals surface area contributed by atoms with E-state index in [1.54, 1.807) is 6.20 Å². The summed E-state index contributed by atoms with van der Waals surface area (Å²) in [7, 11) is 0. The van der Waals surface area contributed by atoms with Gasteiger partial charge in [-0.15, -0.1) is 0 Å². The van der Waals surface area contributed by atoms with Crippen LogP contribution in [0.25, 0.3) is 10.9 Å². The van der Waals surface area contributed by atoms with Crippen LogP contribution in [0.1, 0.15) is 12.5 Å². The molecule has 0 atom stereocenters. The van der Waals surface area contributed by atoms with Gasteiger partial charge in [-0.25, -0.2) is 0 Å². The predicted octanol–water partition coefficient (Wildman–Crippen LogP) is 2.90. The Hall–Kier alpha value is -1.17. The van der Waals surface area contributed by atoms with E-state index in [9.17, 15) is 4.79 Å². The van der Waals surface area contributed by atoms with Crippen LogP contribution in [-0.2, 0) is 16.1 Å². The van der Waals surface area contributed by atoms with Gasteiger partial charge in [0.05, 0.1) is 5.52 Å². The van der Waals surface area contributed by atoms with Gasteiger partial charge in [0.25, 0.3) is 0 Å². The Kier molecular flexibility index (Phi) is 3.38. The Labute approximate surface area is 107 Å². The van der Waals surface area contributed by atoms with Gasteiger partial charge in [0.2, 0.25) is 0 Å². The van der Waals surface area contributed by atoms with Crippen molar-refractivity contribution >= 4 is 39.5 Å². The van der Waals surface area contributed by atoms with Crippen molar-refractivity contribution in [3.63, 3.8) is 0 Å². The molecule has 0 fully saturated rings. The highest BCUT2D eigenvalue weighted by Gasteiger charge is 2.06. The summed E-state index contributed by atoms with van der Waals surface area (Å²) < 4.78 is 6.14. The summed E-state index contributed by atoms with van der Waals surface area (Å²) in [6.45, 7) is 1.68. The first kappa shape index (κ1) is 11.3. The minimum atomic E-state index is -0.275. The van der Waals surface area contributed by atoms with E-state index >= 15 is 0 Å². The van der Waals surface area contributed by atoms with Gasteiger partial charge in [-0.1, -0.05) is 12.1 Å². The van der Waals surface area contributed by atoms with Gasteiger partial charge in [0.1, 0.15) is 6.61 Å². The van der Waals surface area contributed by atoms with Crippen LogP contribution in [-0.4, -0.2) is 11.0 Å². The second kappa shape index (κ2) is 4.78. The fourth-order valence-electron chi connectivity index (χ4n) is 1.49. The third-order valence-corrected chi connectivity index (χ3v) is 3.17. The number of hydrogen-bond acceptors (Lipinski definition) is 3. The van der Waals surface area contributed by atoms with Gasteiger partial charge in [-0.2, -0.15) is 0 Å². The Morgan fingerprint density at radius 1 is 1.44 bits per heavy atom. The highest BCUT2D eigenvalue weighted by Crippen LogP contribution is 2.22. The second-order valence-corrected chi connectivity index (χ2v) is 4.55. The maximum atomic E-state index is 10.8. The molecule has 0 radical (unpaired) electrons.